The van der Waals surface area contributed by atoms with Gasteiger partial charge in [0.25, 0.3) is 0 Å². The fourth-order valence-corrected chi connectivity index (χ4v) is 2.82. The lowest BCUT2D eigenvalue weighted by molar-refractivity contribution is -0.0337. The molecule has 2 rings (SSSR count). The summed E-state index contributed by atoms with van der Waals surface area (Å²) in [5.41, 5.74) is 7.83. The molecule has 2 atom stereocenters. The van der Waals surface area contributed by atoms with Gasteiger partial charge in [-0.15, -0.1) is 0 Å². The van der Waals surface area contributed by atoms with Crippen molar-refractivity contribution >= 4 is 0 Å². The van der Waals surface area contributed by atoms with Crippen molar-refractivity contribution in [3.63, 3.8) is 0 Å². The SMILES string of the molecule is CCN1CCOC(C(N)C2=CCCCCC2)C1. The molecule has 0 aromatic heterocycles. The molecule has 2 N–H and O–H groups in total. The van der Waals surface area contributed by atoms with Gasteiger partial charge in [-0.2, -0.15) is 0 Å². The summed E-state index contributed by atoms with van der Waals surface area (Å²) in [7, 11) is 0. The first-order chi connectivity index (χ1) is 8.31. The molecular formula is C14H26N2O. The Labute approximate surface area is 105 Å². The summed E-state index contributed by atoms with van der Waals surface area (Å²) >= 11 is 0. The minimum atomic E-state index is 0.113. The van der Waals surface area contributed by atoms with Crippen LogP contribution in [0.3, 0.4) is 0 Å². The molecule has 0 radical (unpaired) electrons. The van der Waals surface area contributed by atoms with Crippen LogP contribution in [0.25, 0.3) is 0 Å². The molecule has 1 heterocycles. The Morgan fingerprint density at radius 3 is 3.18 bits per heavy atom. The Hall–Kier alpha value is -0.380. The third-order valence-corrected chi connectivity index (χ3v) is 4.03. The lowest BCUT2D eigenvalue weighted by Gasteiger charge is -2.36. The summed E-state index contributed by atoms with van der Waals surface area (Å²) in [6.07, 6.45) is 8.91. The van der Waals surface area contributed by atoms with Crippen LogP contribution < -0.4 is 5.73 Å². The third-order valence-electron chi connectivity index (χ3n) is 4.03. The first kappa shape index (κ1) is 13.1. The first-order valence-electron chi connectivity index (χ1n) is 7.09. The monoisotopic (exact) mass is 238 g/mol. The number of nitrogens with two attached hydrogens (primary N) is 1. The van der Waals surface area contributed by atoms with E-state index in [1.54, 1.807) is 0 Å². The van der Waals surface area contributed by atoms with E-state index in [2.05, 4.69) is 17.9 Å². The van der Waals surface area contributed by atoms with Gasteiger partial charge in [-0.25, -0.2) is 0 Å². The average molecular weight is 238 g/mol. The van der Waals surface area contributed by atoms with Crippen LogP contribution in [-0.4, -0.2) is 43.3 Å². The molecule has 0 aromatic rings. The minimum Gasteiger partial charge on any atom is -0.374 e. The zero-order chi connectivity index (χ0) is 12.1. The number of nitrogens with zero attached hydrogens (tertiary/aromatic N) is 1. The van der Waals surface area contributed by atoms with Gasteiger partial charge >= 0.3 is 0 Å². The van der Waals surface area contributed by atoms with Crippen molar-refractivity contribution < 1.29 is 4.74 Å². The van der Waals surface area contributed by atoms with Crippen molar-refractivity contribution in [1.82, 2.24) is 4.90 Å². The molecule has 2 aliphatic rings. The van der Waals surface area contributed by atoms with Gasteiger partial charge in [0.05, 0.1) is 18.8 Å². The molecule has 1 aliphatic carbocycles. The maximum absolute atomic E-state index is 6.39. The van der Waals surface area contributed by atoms with Gasteiger partial charge in [0, 0.05) is 13.1 Å². The van der Waals surface area contributed by atoms with E-state index in [1.807, 2.05) is 0 Å². The highest BCUT2D eigenvalue weighted by molar-refractivity contribution is 5.14. The summed E-state index contributed by atoms with van der Waals surface area (Å²) < 4.78 is 5.86. The minimum absolute atomic E-state index is 0.113. The van der Waals surface area contributed by atoms with Gasteiger partial charge in [0.15, 0.2) is 0 Å². The summed E-state index contributed by atoms with van der Waals surface area (Å²) in [5, 5.41) is 0. The summed E-state index contributed by atoms with van der Waals surface area (Å²) in [6.45, 7) is 6.19. The standard InChI is InChI=1S/C14H26N2O/c1-2-16-9-10-17-13(11-16)14(15)12-7-5-3-4-6-8-12/h7,13-14H,2-6,8-11,15H2,1H3. The smallest absolute Gasteiger partial charge is 0.0891 e. The van der Waals surface area contributed by atoms with Crippen LogP contribution in [0.2, 0.25) is 0 Å². The molecule has 1 aliphatic heterocycles. The largest absolute Gasteiger partial charge is 0.374 e. The molecule has 0 amide bonds. The Bertz CT molecular complexity index is 265. The van der Waals surface area contributed by atoms with Crippen LogP contribution in [0.1, 0.15) is 39.0 Å². The Balaban J connectivity index is 1.93. The lowest BCUT2D eigenvalue weighted by atomic mass is 9.97. The van der Waals surface area contributed by atoms with Gasteiger partial charge < -0.3 is 10.5 Å². The van der Waals surface area contributed by atoms with Crippen LogP contribution in [-0.2, 0) is 4.74 Å². The average Bonchev–Trinajstić information content (AvgIpc) is 2.67. The highest BCUT2D eigenvalue weighted by atomic mass is 16.5. The molecule has 0 aromatic carbocycles. The lowest BCUT2D eigenvalue weighted by Crippen LogP contribution is -2.51. The van der Waals surface area contributed by atoms with Gasteiger partial charge in [0.1, 0.15) is 0 Å². The van der Waals surface area contributed by atoms with Crippen molar-refractivity contribution in [1.29, 1.82) is 0 Å². The normalized spacial score (nSPS) is 29.5. The van der Waals surface area contributed by atoms with Crippen LogP contribution in [0, 0.1) is 0 Å². The molecule has 0 spiro atoms. The number of hydrogen-bond acceptors (Lipinski definition) is 3. The van der Waals surface area contributed by atoms with Gasteiger partial charge in [-0.1, -0.05) is 25.0 Å². The maximum Gasteiger partial charge on any atom is 0.0891 e. The van der Waals surface area contributed by atoms with Crippen molar-refractivity contribution in [2.24, 2.45) is 5.73 Å². The second kappa shape index (κ2) is 6.53. The van der Waals surface area contributed by atoms with E-state index >= 15 is 0 Å². The van der Waals surface area contributed by atoms with E-state index < -0.39 is 0 Å². The van der Waals surface area contributed by atoms with E-state index in [0.29, 0.717) is 0 Å². The predicted octanol–water partition coefficient (Wildman–Crippen LogP) is 1.92. The second-order valence-corrected chi connectivity index (χ2v) is 5.21. The molecule has 1 fully saturated rings. The molecule has 2 unspecified atom stereocenters. The quantitative estimate of drug-likeness (QED) is 0.764. The number of allylic oxidation sites excluding steroid dienone is 1. The van der Waals surface area contributed by atoms with E-state index in [0.717, 1.165) is 26.2 Å². The predicted molar refractivity (Wildman–Crippen MR) is 71.0 cm³/mol. The number of likely N-dealkylation sites (N-methyl/N-ethyl adjacent to an activating group) is 1. The zero-order valence-corrected chi connectivity index (χ0v) is 11.0. The van der Waals surface area contributed by atoms with E-state index in [1.165, 1.54) is 37.7 Å². The van der Waals surface area contributed by atoms with Gasteiger partial charge in [-0.05, 0) is 32.2 Å². The maximum atomic E-state index is 6.39. The third kappa shape index (κ3) is 3.54. The fraction of sp³-hybridized carbons (Fsp3) is 0.857. The second-order valence-electron chi connectivity index (χ2n) is 5.21. The number of hydrogen-bond donors (Lipinski definition) is 1. The Morgan fingerprint density at radius 1 is 1.47 bits per heavy atom. The van der Waals surface area contributed by atoms with Gasteiger partial charge in [0.2, 0.25) is 0 Å². The molecular weight excluding hydrogens is 212 g/mol. The zero-order valence-electron chi connectivity index (χ0n) is 11.0. The van der Waals surface area contributed by atoms with Crippen molar-refractivity contribution in [3.8, 4) is 0 Å². The molecule has 0 saturated carbocycles. The first-order valence-corrected chi connectivity index (χ1v) is 7.09. The molecule has 17 heavy (non-hydrogen) atoms. The summed E-state index contributed by atoms with van der Waals surface area (Å²) in [5.74, 6) is 0. The summed E-state index contributed by atoms with van der Waals surface area (Å²) in [4.78, 5) is 2.44. The van der Waals surface area contributed by atoms with Crippen molar-refractivity contribution in [2.45, 2.75) is 51.2 Å². The van der Waals surface area contributed by atoms with Crippen LogP contribution in [0.15, 0.2) is 11.6 Å². The Morgan fingerprint density at radius 2 is 2.35 bits per heavy atom. The highest BCUT2D eigenvalue weighted by Gasteiger charge is 2.27. The molecule has 1 saturated heterocycles. The Kier molecular flexibility index (Phi) is 5.01. The van der Waals surface area contributed by atoms with Crippen molar-refractivity contribution in [3.05, 3.63) is 11.6 Å². The van der Waals surface area contributed by atoms with Gasteiger partial charge in [-0.3, -0.25) is 4.90 Å². The molecule has 3 nitrogen and oxygen atoms in total. The van der Waals surface area contributed by atoms with Crippen LogP contribution in [0.4, 0.5) is 0 Å². The van der Waals surface area contributed by atoms with Crippen molar-refractivity contribution in [2.75, 3.05) is 26.2 Å². The molecule has 0 bridgehead atoms. The summed E-state index contributed by atoms with van der Waals surface area (Å²) in [6, 6.07) is 0.113. The molecule has 3 heteroatoms. The number of rotatable bonds is 3. The van der Waals surface area contributed by atoms with E-state index in [4.69, 9.17) is 10.5 Å². The van der Waals surface area contributed by atoms with Crippen LogP contribution >= 0.6 is 0 Å². The topological polar surface area (TPSA) is 38.5 Å². The number of ether oxygens (including phenoxy) is 1. The number of morpholine rings is 1. The van der Waals surface area contributed by atoms with Crippen LogP contribution in [0.5, 0.6) is 0 Å². The highest BCUT2D eigenvalue weighted by Crippen LogP contribution is 2.22. The van der Waals surface area contributed by atoms with E-state index in [-0.39, 0.29) is 12.1 Å². The fourth-order valence-electron chi connectivity index (χ4n) is 2.82. The van der Waals surface area contributed by atoms with E-state index in [9.17, 15) is 0 Å². The molecule has 98 valence electrons.